The predicted molar refractivity (Wildman–Crippen MR) is 270 cm³/mol. The zero-order valence-electron chi connectivity index (χ0n) is 43.4. The predicted octanol–water partition coefficient (Wildman–Crippen LogP) is 18.3. The van der Waals surface area contributed by atoms with Crippen LogP contribution in [-0.2, 0) is 28.6 Å². The first-order chi connectivity index (χ1) is 30.6. The van der Waals surface area contributed by atoms with Gasteiger partial charge in [-0.3, -0.25) is 14.4 Å². The van der Waals surface area contributed by atoms with Gasteiger partial charge >= 0.3 is 17.9 Å². The summed E-state index contributed by atoms with van der Waals surface area (Å²) in [7, 11) is 0. The Hall–Kier alpha value is -1.59. The summed E-state index contributed by atoms with van der Waals surface area (Å²) in [5, 5.41) is 0. The lowest BCUT2D eigenvalue weighted by Gasteiger charge is -2.18. The molecular formula is C57H110O6. The molecule has 0 fully saturated rings. The monoisotopic (exact) mass is 891 g/mol. The minimum absolute atomic E-state index is 0.0640. The molecule has 0 spiro atoms. The van der Waals surface area contributed by atoms with Crippen molar-refractivity contribution in [1.29, 1.82) is 0 Å². The first kappa shape index (κ1) is 61.4. The number of ether oxygens (including phenoxy) is 3. The Morgan fingerprint density at radius 2 is 0.460 bits per heavy atom. The van der Waals surface area contributed by atoms with Crippen LogP contribution in [0.1, 0.15) is 311 Å². The van der Waals surface area contributed by atoms with Crippen molar-refractivity contribution in [2.24, 2.45) is 17.8 Å². The zero-order valence-corrected chi connectivity index (χ0v) is 43.4. The van der Waals surface area contributed by atoms with E-state index in [9.17, 15) is 14.4 Å². The number of rotatable bonds is 50. The summed E-state index contributed by atoms with van der Waals surface area (Å²) in [5.74, 6) is 1.64. The van der Waals surface area contributed by atoms with Crippen molar-refractivity contribution in [2.75, 3.05) is 13.2 Å². The molecule has 0 saturated carbocycles. The van der Waals surface area contributed by atoms with E-state index in [2.05, 4.69) is 41.5 Å². The summed E-state index contributed by atoms with van der Waals surface area (Å²) in [6.45, 7) is 13.7. The molecule has 0 heterocycles. The maximum absolute atomic E-state index is 12.8. The van der Waals surface area contributed by atoms with Crippen LogP contribution in [0.4, 0.5) is 0 Å². The highest BCUT2D eigenvalue weighted by atomic mass is 16.6. The summed E-state index contributed by atoms with van der Waals surface area (Å²) < 4.78 is 16.9. The molecule has 0 unspecified atom stereocenters. The van der Waals surface area contributed by atoms with Crippen LogP contribution in [0, 0.1) is 17.8 Å². The lowest BCUT2D eigenvalue weighted by atomic mass is 10.0. The summed E-state index contributed by atoms with van der Waals surface area (Å²) >= 11 is 0. The van der Waals surface area contributed by atoms with Crippen molar-refractivity contribution in [1.82, 2.24) is 0 Å². The second-order valence-corrected chi connectivity index (χ2v) is 21.0. The molecule has 0 aliphatic carbocycles. The number of carbonyl (C=O) groups is 3. The highest BCUT2D eigenvalue weighted by Gasteiger charge is 2.19. The highest BCUT2D eigenvalue weighted by Crippen LogP contribution is 2.18. The summed E-state index contributed by atoms with van der Waals surface area (Å²) in [6.07, 6.45) is 49.5. The Labute approximate surface area is 393 Å². The molecule has 0 aromatic carbocycles. The molecule has 6 nitrogen and oxygen atoms in total. The fourth-order valence-electron chi connectivity index (χ4n) is 8.65. The Morgan fingerprint density at radius 1 is 0.270 bits per heavy atom. The molecule has 0 aliphatic heterocycles. The molecule has 0 radical (unpaired) electrons. The van der Waals surface area contributed by atoms with E-state index in [0.29, 0.717) is 19.3 Å². The summed E-state index contributed by atoms with van der Waals surface area (Å²) in [6, 6.07) is 0. The van der Waals surface area contributed by atoms with E-state index in [1.165, 1.54) is 193 Å². The molecule has 0 saturated heterocycles. The van der Waals surface area contributed by atoms with E-state index in [-0.39, 0.29) is 31.1 Å². The lowest BCUT2D eigenvalue weighted by molar-refractivity contribution is -0.167. The number of carbonyl (C=O) groups excluding carboxylic acids is 3. The quantitative estimate of drug-likeness (QED) is 0.0344. The third-order valence-electron chi connectivity index (χ3n) is 12.9. The highest BCUT2D eigenvalue weighted by molar-refractivity contribution is 5.71. The van der Waals surface area contributed by atoms with E-state index >= 15 is 0 Å². The van der Waals surface area contributed by atoms with Crippen LogP contribution in [-0.4, -0.2) is 37.2 Å². The van der Waals surface area contributed by atoms with Gasteiger partial charge in [-0.15, -0.1) is 0 Å². The minimum Gasteiger partial charge on any atom is -0.462 e. The van der Waals surface area contributed by atoms with Gasteiger partial charge in [-0.2, -0.15) is 0 Å². The van der Waals surface area contributed by atoms with Crippen molar-refractivity contribution in [3.05, 3.63) is 0 Å². The van der Waals surface area contributed by atoms with E-state index in [1.807, 2.05) is 0 Å². The van der Waals surface area contributed by atoms with Crippen molar-refractivity contribution in [3.8, 4) is 0 Å². The average molecular weight is 892 g/mol. The Morgan fingerprint density at radius 3 is 0.683 bits per heavy atom. The number of esters is 3. The van der Waals surface area contributed by atoms with Crippen molar-refractivity contribution in [3.63, 3.8) is 0 Å². The number of hydrogen-bond donors (Lipinski definition) is 0. The summed E-state index contributed by atoms with van der Waals surface area (Å²) in [4.78, 5) is 38.1. The van der Waals surface area contributed by atoms with E-state index in [0.717, 1.165) is 75.5 Å². The smallest absolute Gasteiger partial charge is 0.306 e. The minimum atomic E-state index is -0.763. The van der Waals surface area contributed by atoms with Gasteiger partial charge in [-0.05, 0) is 37.0 Å². The van der Waals surface area contributed by atoms with Crippen LogP contribution < -0.4 is 0 Å². The number of unbranched alkanes of at least 4 members (excludes halogenated alkanes) is 33. The van der Waals surface area contributed by atoms with Gasteiger partial charge in [0.25, 0.3) is 0 Å². The third-order valence-corrected chi connectivity index (χ3v) is 12.9. The first-order valence-corrected chi connectivity index (χ1v) is 28.1. The van der Waals surface area contributed by atoms with Gasteiger partial charge in [-0.25, -0.2) is 0 Å². The second kappa shape index (κ2) is 48.3. The van der Waals surface area contributed by atoms with Gasteiger partial charge in [0.1, 0.15) is 13.2 Å². The molecule has 0 bridgehead atoms. The van der Waals surface area contributed by atoms with Crippen LogP contribution in [0.2, 0.25) is 0 Å². The van der Waals surface area contributed by atoms with Crippen LogP contribution in [0.3, 0.4) is 0 Å². The first-order valence-electron chi connectivity index (χ1n) is 28.1. The van der Waals surface area contributed by atoms with E-state index in [4.69, 9.17) is 14.2 Å². The summed E-state index contributed by atoms with van der Waals surface area (Å²) in [5.41, 5.74) is 0. The topological polar surface area (TPSA) is 78.9 Å². The molecule has 0 aliphatic rings. The van der Waals surface area contributed by atoms with Gasteiger partial charge in [0, 0.05) is 19.3 Å². The molecule has 6 heteroatoms. The molecule has 0 amide bonds. The molecule has 0 rings (SSSR count). The van der Waals surface area contributed by atoms with Gasteiger partial charge in [-0.1, -0.05) is 273 Å². The second-order valence-electron chi connectivity index (χ2n) is 21.0. The maximum atomic E-state index is 12.8. The zero-order chi connectivity index (χ0) is 46.3. The van der Waals surface area contributed by atoms with Crippen LogP contribution in [0.25, 0.3) is 0 Å². The fraction of sp³-hybridized carbons (Fsp3) is 0.947. The normalized spacial score (nSPS) is 12.1. The third kappa shape index (κ3) is 51.3. The van der Waals surface area contributed by atoms with Crippen LogP contribution >= 0.6 is 0 Å². The Balaban J connectivity index is 4.27. The average Bonchev–Trinajstić information content (AvgIpc) is 3.24. The fourth-order valence-corrected chi connectivity index (χ4v) is 8.65. The lowest BCUT2D eigenvalue weighted by Crippen LogP contribution is -2.30. The van der Waals surface area contributed by atoms with Gasteiger partial charge < -0.3 is 14.2 Å². The van der Waals surface area contributed by atoms with Crippen molar-refractivity contribution in [2.45, 2.75) is 317 Å². The van der Waals surface area contributed by atoms with Crippen molar-refractivity contribution >= 4 is 17.9 Å². The van der Waals surface area contributed by atoms with E-state index in [1.54, 1.807) is 0 Å². The Bertz CT molecular complexity index is 976. The maximum Gasteiger partial charge on any atom is 0.306 e. The molecule has 374 valence electrons. The molecule has 0 N–H and O–H groups in total. The molecule has 63 heavy (non-hydrogen) atoms. The van der Waals surface area contributed by atoms with E-state index < -0.39 is 6.10 Å². The van der Waals surface area contributed by atoms with Gasteiger partial charge in [0.05, 0.1) is 0 Å². The standard InChI is InChI=1S/C57H110O6/c1-51(2)43-37-31-25-19-14-11-9-7-8-10-12-16-22-28-34-40-46-55(58)61-49-54(50-62-56(59)47-41-35-29-24-18-21-27-33-39-45-53(5)6)63-57(60)48-42-36-30-23-17-13-15-20-26-32-38-44-52(3)4/h51-54H,7-50H2,1-6H3/t54-/m0/s1. The van der Waals surface area contributed by atoms with Crippen LogP contribution in [0.5, 0.6) is 0 Å². The molecule has 0 aromatic heterocycles. The number of hydrogen-bond acceptors (Lipinski definition) is 6. The van der Waals surface area contributed by atoms with Gasteiger partial charge in [0.2, 0.25) is 0 Å². The molecule has 0 aromatic rings. The SMILES string of the molecule is CC(C)CCCCCCCCCCCCCCCCCCC(=O)OC[C@@H](COC(=O)CCCCCCCCCCCC(C)C)OC(=O)CCCCCCCCCCCCCC(C)C. The van der Waals surface area contributed by atoms with Crippen LogP contribution in [0.15, 0.2) is 0 Å². The largest absolute Gasteiger partial charge is 0.462 e. The van der Waals surface area contributed by atoms with Crippen molar-refractivity contribution < 1.29 is 28.6 Å². The Kier molecular flexibility index (Phi) is 47.1. The van der Waals surface area contributed by atoms with Gasteiger partial charge in [0.15, 0.2) is 6.10 Å². The molecular weight excluding hydrogens is 781 g/mol. The molecule has 1 atom stereocenters.